The van der Waals surface area contributed by atoms with Crippen LogP contribution in [-0.4, -0.2) is 0 Å². The lowest BCUT2D eigenvalue weighted by molar-refractivity contribution is 0.134. The van der Waals surface area contributed by atoms with Crippen LogP contribution in [0.2, 0.25) is 0 Å². The summed E-state index contributed by atoms with van der Waals surface area (Å²) < 4.78 is 28.8. The van der Waals surface area contributed by atoms with E-state index < -0.39 is 7.14 Å². The highest BCUT2D eigenvalue weighted by Crippen LogP contribution is 2.51. The highest BCUT2D eigenvalue weighted by Gasteiger charge is 2.38. The van der Waals surface area contributed by atoms with Gasteiger partial charge < -0.3 is 14.0 Å². The van der Waals surface area contributed by atoms with Crippen LogP contribution in [0.1, 0.15) is 27.8 Å². The molecule has 7 rings (SSSR count). The first-order chi connectivity index (χ1) is 21.1. The molecule has 3 nitrogen and oxygen atoms in total. The van der Waals surface area contributed by atoms with Gasteiger partial charge in [-0.25, -0.2) is 0 Å². The van der Waals surface area contributed by atoms with E-state index in [0.717, 1.165) is 65.8 Å². The van der Waals surface area contributed by atoms with Gasteiger partial charge >= 0.3 is 0 Å². The molecular formula is C39H33O3P. The van der Waals surface area contributed by atoms with Gasteiger partial charge in [-0.1, -0.05) is 121 Å². The third kappa shape index (κ3) is 4.70. The lowest BCUT2D eigenvalue weighted by Crippen LogP contribution is -2.30. The molecule has 0 radical (unpaired) electrons. The van der Waals surface area contributed by atoms with E-state index in [9.17, 15) is 0 Å². The molecule has 6 aromatic rings. The number of benzene rings is 6. The summed E-state index contributed by atoms with van der Waals surface area (Å²) in [5.74, 6) is 0.776. The summed E-state index contributed by atoms with van der Waals surface area (Å²) in [6, 6.07) is 42.7. The Hall–Kier alpha value is -4.43. The molecule has 4 heteroatoms. The first-order valence-electron chi connectivity index (χ1n) is 14.7. The number of rotatable bonds is 7. The fourth-order valence-corrected chi connectivity index (χ4v) is 9.71. The predicted octanol–water partition coefficient (Wildman–Crippen LogP) is 8.37. The van der Waals surface area contributed by atoms with Crippen molar-refractivity contribution in [2.45, 2.75) is 33.7 Å². The number of ether oxygens (including phenoxy) is 2. The summed E-state index contributed by atoms with van der Waals surface area (Å²) in [4.78, 5) is 0. The average Bonchev–Trinajstić information content (AvgIpc) is 3.57. The second-order valence-corrected chi connectivity index (χ2v) is 13.8. The molecule has 0 unspecified atom stereocenters. The standard InChI is InChI=1S/C39H33O3P/c1-27-34-25-41-26-35(34)28(2)39(43(40,31-17-8-4-9-18-31)32-19-10-5-11-20-32)37(27)38-33-21-13-12-16-30(33)22-23-36(38)42-24-29-14-6-3-7-15-29/h3-23H,24-26H2,1-2H3. The third-order valence-electron chi connectivity index (χ3n) is 8.66. The van der Waals surface area contributed by atoms with E-state index in [-0.39, 0.29) is 0 Å². The number of hydrogen-bond acceptors (Lipinski definition) is 3. The summed E-state index contributed by atoms with van der Waals surface area (Å²) >= 11 is 0. The summed E-state index contributed by atoms with van der Waals surface area (Å²) in [5.41, 5.74) is 7.52. The number of fused-ring (bicyclic) bond motifs is 2. The zero-order valence-electron chi connectivity index (χ0n) is 24.4. The maximum Gasteiger partial charge on any atom is 0.171 e. The van der Waals surface area contributed by atoms with Crippen molar-refractivity contribution in [3.8, 4) is 16.9 Å². The Bertz CT molecular complexity index is 1940. The maximum absolute atomic E-state index is 16.1. The lowest BCUT2D eigenvalue weighted by atomic mass is 9.88. The van der Waals surface area contributed by atoms with E-state index in [4.69, 9.17) is 9.47 Å². The van der Waals surface area contributed by atoms with Gasteiger partial charge in [0.05, 0.1) is 13.2 Å². The van der Waals surface area contributed by atoms with Crippen molar-refractivity contribution >= 4 is 33.8 Å². The van der Waals surface area contributed by atoms with Crippen LogP contribution >= 0.6 is 7.14 Å². The van der Waals surface area contributed by atoms with Gasteiger partial charge in [0.15, 0.2) is 7.14 Å². The van der Waals surface area contributed by atoms with E-state index in [0.29, 0.717) is 19.8 Å². The molecule has 0 aromatic heterocycles. The Morgan fingerprint density at radius 3 is 1.84 bits per heavy atom. The van der Waals surface area contributed by atoms with Crippen LogP contribution in [0.15, 0.2) is 127 Å². The Morgan fingerprint density at radius 2 is 1.19 bits per heavy atom. The summed E-state index contributed by atoms with van der Waals surface area (Å²) in [7, 11) is -3.36. The quantitative estimate of drug-likeness (QED) is 0.178. The molecule has 1 heterocycles. The first-order valence-corrected chi connectivity index (χ1v) is 16.4. The highest BCUT2D eigenvalue weighted by molar-refractivity contribution is 7.85. The molecule has 0 fully saturated rings. The van der Waals surface area contributed by atoms with Crippen molar-refractivity contribution in [1.29, 1.82) is 0 Å². The molecule has 0 spiro atoms. The van der Waals surface area contributed by atoms with E-state index in [1.54, 1.807) is 0 Å². The second kappa shape index (κ2) is 11.3. The smallest absolute Gasteiger partial charge is 0.171 e. The molecule has 0 saturated heterocycles. The summed E-state index contributed by atoms with van der Waals surface area (Å²) in [6.45, 7) is 5.78. The van der Waals surface area contributed by atoms with E-state index >= 15 is 4.57 Å². The van der Waals surface area contributed by atoms with Crippen LogP contribution < -0.4 is 20.7 Å². The van der Waals surface area contributed by atoms with Gasteiger partial charge in [0.25, 0.3) is 0 Å². The molecular weight excluding hydrogens is 547 g/mol. The predicted molar refractivity (Wildman–Crippen MR) is 178 cm³/mol. The Balaban J connectivity index is 1.59. The van der Waals surface area contributed by atoms with Gasteiger partial charge in [0.2, 0.25) is 0 Å². The Morgan fingerprint density at radius 1 is 0.628 bits per heavy atom. The van der Waals surface area contributed by atoms with Gasteiger partial charge in [0.1, 0.15) is 12.4 Å². The number of hydrogen-bond donors (Lipinski definition) is 0. The van der Waals surface area contributed by atoms with E-state index in [1.807, 2.05) is 78.9 Å². The normalized spacial score (nSPS) is 12.8. The van der Waals surface area contributed by atoms with Crippen molar-refractivity contribution in [2.75, 3.05) is 0 Å². The monoisotopic (exact) mass is 580 g/mol. The molecule has 43 heavy (non-hydrogen) atoms. The molecule has 0 saturated carbocycles. The SMILES string of the molecule is Cc1c2c(c(C)c(P(=O)(c3ccccc3)c3ccccc3)c1-c1c(OCc3ccccc3)ccc3ccccc13)COC2. The summed E-state index contributed by atoms with van der Waals surface area (Å²) in [5, 5.41) is 4.68. The minimum atomic E-state index is -3.36. The van der Waals surface area contributed by atoms with Crippen LogP contribution in [0.3, 0.4) is 0 Å². The fraction of sp³-hybridized carbons (Fsp3) is 0.128. The van der Waals surface area contributed by atoms with Crippen molar-refractivity contribution in [3.63, 3.8) is 0 Å². The van der Waals surface area contributed by atoms with Crippen molar-refractivity contribution in [2.24, 2.45) is 0 Å². The molecule has 212 valence electrons. The fourth-order valence-electron chi connectivity index (χ4n) is 6.51. The molecule has 0 N–H and O–H groups in total. The zero-order chi connectivity index (χ0) is 29.4. The van der Waals surface area contributed by atoms with Crippen LogP contribution in [0.4, 0.5) is 0 Å². The Labute approximate surface area is 253 Å². The van der Waals surface area contributed by atoms with Gasteiger partial charge in [-0.2, -0.15) is 0 Å². The molecule has 0 atom stereocenters. The lowest BCUT2D eigenvalue weighted by Gasteiger charge is -2.29. The van der Waals surface area contributed by atoms with Crippen LogP contribution in [0.25, 0.3) is 21.9 Å². The van der Waals surface area contributed by atoms with E-state index in [1.165, 1.54) is 5.56 Å². The molecule has 1 aliphatic rings. The highest BCUT2D eigenvalue weighted by atomic mass is 31.2. The van der Waals surface area contributed by atoms with Crippen LogP contribution in [-0.2, 0) is 29.1 Å². The topological polar surface area (TPSA) is 35.5 Å². The van der Waals surface area contributed by atoms with Crippen molar-refractivity contribution in [3.05, 3.63) is 155 Å². The summed E-state index contributed by atoms with van der Waals surface area (Å²) in [6.07, 6.45) is 0. The minimum Gasteiger partial charge on any atom is -0.488 e. The van der Waals surface area contributed by atoms with Crippen molar-refractivity contribution < 1.29 is 14.0 Å². The molecule has 0 bridgehead atoms. The molecule has 1 aliphatic heterocycles. The van der Waals surface area contributed by atoms with Gasteiger partial charge in [-0.05, 0) is 58.5 Å². The van der Waals surface area contributed by atoms with Crippen LogP contribution in [0.5, 0.6) is 5.75 Å². The minimum absolute atomic E-state index is 0.433. The third-order valence-corrected chi connectivity index (χ3v) is 11.9. The Kier molecular flexibility index (Phi) is 7.23. The molecule has 0 amide bonds. The van der Waals surface area contributed by atoms with Gasteiger partial charge in [-0.15, -0.1) is 0 Å². The zero-order valence-corrected chi connectivity index (χ0v) is 25.3. The van der Waals surface area contributed by atoms with Gasteiger partial charge in [-0.3, -0.25) is 0 Å². The molecule has 0 aliphatic carbocycles. The second-order valence-electron chi connectivity index (χ2n) is 11.1. The van der Waals surface area contributed by atoms with Crippen LogP contribution in [0, 0.1) is 13.8 Å². The molecule has 6 aromatic carbocycles. The average molecular weight is 581 g/mol. The largest absolute Gasteiger partial charge is 0.488 e. The van der Waals surface area contributed by atoms with Crippen molar-refractivity contribution in [1.82, 2.24) is 0 Å². The first kappa shape index (κ1) is 27.4. The van der Waals surface area contributed by atoms with E-state index in [2.05, 4.69) is 62.4 Å². The van der Waals surface area contributed by atoms with Gasteiger partial charge in [0, 0.05) is 27.0 Å². The maximum atomic E-state index is 16.1.